The molecule has 0 radical (unpaired) electrons. The van der Waals surface area contributed by atoms with Crippen LogP contribution < -0.4 is 15.0 Å². The van der Waals surface area contributed by atoms with E-state index in [1.807, 2.05) is 26.8 Å². The molecule has 3 saturated heterocycles. The van der Waals surface area contributed by atoms with Gasteiger partial charge in [0.1, 0.15) is 40.7 Å². The van der Waals surface area contributed by atoms with Gasteiger partial charge in [0, 0.05) is 63.3 Å². The fourth-order valence-corrected chi connectivity index (χ4v) is 12.2. The van der Waals surface area contributed by atoms with Crippen LogP contribution in [0, 0.1) is 5.92 Å². The Kier molecular flexibility index (Phi) is 18.8. The lowest BCUT2D eigenvalue weighted by Gasteiger charge is -2.42. The molecule has 5 rings (SSSR count). The van der Waals surface area contributed by atoms with E-state index in [1.165, 1.54) is 55.8 Å². The van der Waals surface area contributed by atoms with E-state index in [-0.39, 0.29) is 47.9 Å². The number of carbonyl (C=O) groups excluding carboxylic acids is 7. The predicted molar refractivity (Wildman–Crippen MR) is 261 cm³/mol. The van der Waals surface area contributed by atoms with Crippen molar-refractivity contribution in [2.45, 2.75) is 145 Å². The number of likely N-dealkylation sites (N-methyl/N-ethyl adjacent to an activating group) is 1. The maximum atomic E-state index is 14.3. The first-order valence-corrected chi connectivity index (χ1v) is 26.9. The summed E-state index contributed by atoms with van der Waals surface area (Å²) in [5.41, 5.74) is -1.27. The molecule has 71 heavy (non-hydrogen) atoms. The Balaban J connectivity index is 1.29. The highest BCUT2D eigenvalue weighted by Gasteiger charge is 2.64. The third-order valence-corrected chi connectivity index (χ3v) is 17.9. The lowest BCUT2D eigenvalue weighted by molar-refractivity contribution is -0.197. The van der Waals surface area contributed by atoms with Crippen LogP contribution in [0.4, 0.5) is 10.5 Å². The van der Waals surface area contributed by atoms with E-state index in [0.29, 0.717) is 17.9 Å². The number of allylic oxidation sites excluding steroid dienone is 3. The number of rotatable bonds is 16. The van der Waals surface area contributed by atoms with Crippen LogP contribution in [0.15, 0.2) is 35.9 Å². The van der Waals surface area contributed by atoms with Gasteiger partial charge in [0.15, 0.2) is 11.0 Å². The second kappa shape index (κ2) is 23.2. The number of esters is 1. The molecular weight excluding hydrogens is 1010 g/mol. The van der Waals surface area contributed by atoms with Gasteiger partial charge in [0.05, 0.1) is 25.3 Å². The highest BCUT2D eigenvalue weighted by atomic mass is 35.5. The Bertz CT molecular complexity index is 2410. The zero-order valence-electron chi connectivity index (χ0n) is 41.3. The van der Waals surface area contributed by atoms with Crippen molar-refractivity contribution in [3.63, 3.8) is 0 Å². The van der Waals surface area contributed by atoms with Crippen molar-refractivity contribution < 1.29 is 80.2 Å². The second-order valence-corrected chi connectivity index (χ2v) is 24.0. The van der Waals surface area contributed by atoms with Crippen molar-refractivity contribution in [3.05, 3.63) is 46.5 Å². The Labute approximate surface area is 426 Å². The lowest BCUT2D eigenvalue weighted by atomic mass is 9.83. The topological polar surface area (TPSA) is 275 Å². The van der Waals surface area contributed by atoms with Gasteiger partial charge in [-0.15, -0.1) is 5.06 Å². The predicted octanol–water partition coefficient (Wildman–Crippen LogP) is 4.71. The molecule has 0 saturated carbocycles. The summed E-state index contributed by atoms with van der Waals surface area (Å²) >= 11 is 6.80. The normalized spacial score (nSPS) is 28.4. The number of hydroxylamine groups is 2. The Hall–Kier alpha value is -4.43. The third kappa shape index (κ3) is 14.0. The largest absolute Gasteiger partial charge is 0.495 e. The first kappa shape index (κ1) is 57.5. The second-order valence-electron chi connectivity index (χ2n) is 18.9. The number of amides is 5. The first-order valence-electron chi connectivity index (χ1n) is 22.7. The summed E-state index contributed by atoms with van der Waals surface area (Å²) in [6, 6.07) is 2.34. The summed E-state index contributed by atoms with van der Waals surface area (Å²) in [5.74, 6) is -5.17. The summed E-state index contributed by atoms with van der Waals surface area (Å²) in [7, 11) is 3.28. The van der Waals surface area contributed by atoms with Crippen molar-refractivity contribution in [2.75, 3.05) is 39.0 Å². The van der Waals surface area contributed by atoms with Gasteiger partial charge in [0.25, 0.3) is 21.9 Å². The molecule has 1 aromatic rings. The third-order valence-electron chi connectivity index (χ3n) is 13.0. The zero-order chi connectivity index (χ0) is 53.0. The monoisotopic (exact) mass is 1070 g/mol. The van der Waals surface area contributed by atoms with E-state index < -0.39 is 122 Å². The summed E-state index contributed by atoms with van der Waals surface area (Å²) < 4.78 is 62.5. The van der Waals surface area contributed by atoms with E-state index in [1.54, 1.807) is 38.1 Å². The van der Waals surface area contributed by atoms with Crippen molar-refractivity contribution >= 4 is 90.7 Å². The molecule has 4 bridgehead atoms. The van der Waals surface area contributed by atoms with Crippen molar-refractivity contribution in [1.82, 2.24) is 15.3 Å². The van der Waals surface area contributed by atoms with E-state index in [0.717, 1.165) is 21.9 Å². The Morgan fingerprint density at radius 3 is 2.38 bits per heavy atom. The van der Waals surface area contributed by atoms with Crippen molar-refractivity contribution in [1.29, 1.82) is 0 Å². The molecule has 0 aromatic heterocycles. The van der Waals surface area contributed by atoms with Crippen LogP contribution in [0.3, 0.4) is 0 Å². The fourth-order valence-electron chi connectivity index (χ4n) is 8.40. The first-order chi connectivity index (χ1) is 33.0. The van der Waals surface area contributed by atoms with Crippen LogP contribution >= 0.6 is 33.2 Å². The van der Waals surface area contributed by atoms with Crippen molar-refractivity contribution in [2.24, 2.45) is 5.92 Å². The molecule has 3 fully saturated rings. The maximum Gasteiger partial charge on any atom is 0.409 e. The van der Waals surface area contributed by atoms with Gasteiger partial charge in [-0.1, -0.05) is 63.9 Å². The van der Waals surface area contributed by atoms with Crippen LogP contribution in [0.5, 0.6) is 5.75 Å². The van der Waals surface area contributed by atoms with Crippen LogP contribution in [0.1, 0.15) is 92.1 Å². The molecule has 4 heterocycles. The molecule has 5 amide bonds. The number of methoxy groups -OCH3 is 2. The van der Waals surface area contributed by atoms with E-state index >= 15 is 0 Å². The number of aliphatic hydroxyl groups is 1. The smallest absolute Gasteiger partial charge is 0.409 e. The average Bonchev–Trinajstić information content (AvgIpc) is 3.90. The number of epoxide rings is 1. The molecule has 3 N–H and O–H groups in total. The minimum Gasteiger partial charge on any atom is -0.495 e. The number of halogens is 1. The average molecular weight is 1080 g/mol. The number of fused-ring (bicyclic) bond motifs is 5. The number of alkyl carbamates (subject to hydrolysis) is 1. The summed E-state index contributed by atoms with van der Waals surface area (Å²) in [4.78, 5) is 98.6. The van der Waals surface area contributed by atoms with Crippen LogP contribution in [0.2, 0.25) is 5.02 Å². The SMILES string of the molecule is COc1cc2cc(c1Cl)N(C)C(=O)CC(OC(=O)[C@H](C)N(C)C(=O)CCC(C)(C)SSCCC(C(=O)ON1C(=O)CCC1=O)S(=O)(=O)O)[C@]1(C)O[C@H]1[C@H](C)[C@@H]1C[C@@](O)(NC(=O)O1)C(OC)/C=C/C=C(\C)C2. The lowest BCUT2D eigenvalue weighted by Crippen LogP contribution is -2.63. The number of nitrogens with zero attached hydrogens (tertiary/aromatic N) is 3. The van der Waals surface area contributed by atoms with Crippen LogP contribution in [-0.2, 0) is 69.1 Å². The van der Waals surface area contributed by atoms with E-state index in [2.05, 4.69) is 5.32 Å². The molecule has 1 aromatic carbocycles. The molecule has 0 aliphatic carbocycles. The van der Waals surface area contributed by atoms with Gasteiger partial charge in [0.2, 0.25) is 11.8 Å². The van der Waals surface area contributed by atoms with Crippen molar-refractivity contribution in [3.8, 4) is 5.75 Å². The number of hydrogen-bond donors (Lipinski definition) is 3. The van der Waals surface area contributed by atoms with Crippen LogP contribution in [0.25, 0.3) is 0 Å². The minimum absolute atomic E-state index is 0.00994. The van der Waals surface area contributed by atoms with Crippen LogP contribution in [-0.4, -0.2) is 156 Å². The number of hydrogen-bond acceptors (Lipinski definition) is 18. The molecule has 9 atom stereocenters. The fraction of sp³-hybridized carbons (Fsp3) is 0.630. The molecule has 4 aliphatic rings. The van der Waals surface area contributed by atoms with Gasteiger partial charge in [-0.25, -0.2) is 14.4 Å². The highest BCUT2D eigenvalue weighted by Crippen LogP contribution is 2.49. The molecular formula is C46H63ClN4O17S3. The molecule has 3 unspecified atom stereocenters. The minimum atomic E-state index is -4.97. The maximum absolute atomic E-state index is 14.3. The Morgan fingerprint density at radius 2 is 1.76 bits per heavy atom. The number of anilines is 1. The number of ether oxygens (including phenoxy) is 5. The van der Waals surface area contributed by atoms with E-state index in [4.69, 9.17) is 40.1 Å². The number of nitrogens with one attached hydrogen (secondary N) is 1. The van der Waals surface area contributed by atoms with Gasteiger partial charge in [-0.2, -0.15) is 8.42 Å². The quantitative estimate of drug-likeness (QED) is 0.0505. The van der Waals surface area contributed by atoms with Gasteiger partial charge < -0.3 is 43.4 Å². The van der Waals surface area contributed by atoms with Gasteiger partial charge in [-0.3, -0.25) is 29.0 Å². The highest BCUT2D eigenvalue weighted by molar-refractivity contribution is 8.77. The zero-order valence-corrected chi connectivity index (χ0v) is 44.5. The number of carbonyl (C=O) groups is 7. The number of benzene rings is 1. The molecule has 394 valence electrons. The van der Waals surface area contributed by atoms with Gasteiger partial charge in [-0.05, 0) is 71.6 Å². The van der Waals surface area contributed by atoms with E-state index in [9.17, 15) is 51.6 Å². The Morgan fingerprint density at radius 1 is 1.10 bits per heavy atom. The molecule has 25 heteroatoms. The number of imide groups is 1. The molecule has 0 spiro atoms. The summed E-state index contributed by atoms with van der Waals surface area (Å²) in [6.07, 6.45) is -0.390. The van der Waals surface area contributed by atoms with Gasteiger partial charge >= 0.3 is 18.0 Å². The standard InChI is InChI=1S/C46H63ClN4O17S3/c1-25-12-11-13-33(64-10)46(59)24-31(65-43(58)48-46)26(2)40-45(6,67-40)34(23-38(55)50(8)29-21-28(20-25)22-30(63-9)39(29)47)66-41(56)27(3)49(7)35(52)16-18-44(4,5)70-69-19-17-32(71(60,61)62)42(57)68-51-36(53)14-15-37(51)54/h11-13,21-22,26-27,31-34,40,59H,14-20,23-24H2,1-10H3,(H,48,58)(H,60,61,62)/b13-11+,25-12+/t26-,27+,31+,32?,33?,34?,40+,45+,46+/m1/s1. The molecule has 4 aliphatic heterocycles. The summed E-state index contributed by atoms with van der Waals surface area (Å²) in [5, 5.41) is 12.6. The molecule has 21 nitrogen and oxygen atoms in total. The summed E-state index contributed by atoms with van der Waals surface area (Å²) in [6.45, 7) is 10.4.